The van der Waals surface area contributed by atoms with E-state index in [4.69, 9.17) is 4.42 Å². The Hall–Kier alpha value is -1.66. The lowest BCUT2D eigenvalue weighted by molar-refractivity contribution is 0.425. The maximum Gasteiger partial charge on any atom is 0.488 e. The fourth-order valence-corrected chi connectivity index (χ4v) is 2.45. The monoisotopic (exact) mass is 260 g/mol. The second kappa shape index (κ2) is 4.79. The molecule has 2 aromatic rings. The van der Waals surface area contributed by atoms with Crippen molar-refractivity contribution in [3.63, 3.8) is 0 Å². The number of nitrogens with zero attached hydrogens (tertiary/aromatic N) is 2. The van der Waals surface area contributed by atoms with E-state index in [0.717, 1.165) is 27.8 Å². The molecule has 1 aromatic carbocycles. The third-order valence-corrected chi connectivity index (χ3v) is 3.68. The zero-order valence-corrected chi connectivity index (χ0v) is 11.8. The highest BCUT2D eigenvalue weighted by Gasteiger charge is 2.24. The number of hydrogen-bond acceptors (Lipinski definition) is 5. The summed E-state index contributed by atoms with van der Waals surface area (Å²) in [5.74, 6) is 0.980. The molecule has 6 heteroatoms. The summed E-state index contributed by atoms with van der Waals surface area (Å²) in [5.41, 5.74) is 4.95. The Balaban J connectivity index is 2.77. The van der Waals surface area contributed by atoms with Gasteiger partial charge < -0.3 is 14.5 Å². The average Bonchev–Trinajstić information content (AvgIpc) is 2.73. The van der Waals surface area contributed by atoms with Gasteiger partial charge in [0.1, 0.15) is 0 Å². The van der Waals surface area contributed by atoms with Gasteiger partial charge in [-0.25, -0.2) is 0 Å². The molecular formula is C13H17BN2O3. The standard InChI is InChI=1S/C13H17BN2O3/c1-6-8(3)12(14(17)18)9(4)7(2)11(6)13-16-15-10(5)19-13/h17-18H,1-5H3. The van der Waals surface area contributed by atoms with Gasteiger partial charge in [0.2, 0.25) is 11.8 Å². The predicted octanol–water partition coefficient (Wildman–Crippen LogP) is 0.959. The predicted molar refractivity (Wildman–Crippen MR) is 73.2 cm³/mol. The highest BCUT2D eigenvalue weighted by molar-refractivity contribution is 6.60. The molecular weight excluding hydrogens is 243 g/mol. The third-order valence-electron chi connectivity index (χ3n) is 3.68. The molecule has 1 heterocycles. The first-order chi connectivity index (χ1) is 8.84. The summed E-state index contributed by atoms with van der Waals surface area (Å²) in [6, 6.07) is 0. The lowest BCUT2D eigenvalue weighted by atomic mass is 9.71. The largest absolute Gasteiger partial charge is 0.488 e. The molecule has 1 aromatic heterocycles. The van der Waals surface area contributed by atoms with Crippen LogP contribution in [0, 0.1) is 34.6 Å². The number of rotatable bonds is 2. The van der Waals surface area contributed by atoms with Crippen LogP contribution in [0.5, 0.6) is 0 Å². The second-order valence-electron chi connectivity index (χ2n) is 4.79. The van der Waals surface area contributed by atoms with Crippen LogP contribution in [0.3, 0.4) is 0 Å². The SMILES string of the molecule is Cc1nnc(-c2c(C)c(C)c(B(O)O)c(C)c2C)o1. The summed E-state index contributed by atoms with van der Waals surface area (Å²) in [4.78, 5) is 0. The molecule has 0 radical (unpaired) electrons. The molecule has 0 bridgehead atoms. The summed E-state index contributed by atoms with van der Waals surface area (Å²) in [6.45, 7) is 9.31. The molecule has 0 atom stereocenters. The van der Waals surface area contributed by atoms with Gasteiger partial charge in [0, 0.05) is 12.5 Å². The lowest BCUT2D eigenvalue weighted by Crippen LogP contribution is -2.36. The first-order valence-corrected chi connectivity index (χ1v) is 6.11. The third kappa shape index (κ3) is 2.17. The fraction of sp³-hybridized carbons (Fsp3) is 0.385. The smallest absolute Gasteiger partial charge is 0.423 e. The maximum atomic E-state index is 9.50. The Morgan fingerprint density at radius 2 is 1.37 bits per heavy atom. The minimum Gasteiger partial charge on any atom is -0.423 e. The van der Waals surface area contributed by atoms with E-state index in [1.165, 1.54) is 0 Å². The molecule has 19 heavy (non-hydrogen) atoms. The fourth-order valence-electron chi connectivity index (χ4n) is 2.45. The number of hydrogen-bond donors (Lipinski definition) is 2. The van der Waals surface area contributed by atoms with E-state index in [0.29, 0.717) is 17.2 Å². The minimum atomic E-state index is -1.48. The van der Waals surface area contributed by atoms with E-state index in [1.807, 2.05) is 27.7 Å². The number of aryl methyl sites for hydroxylation is 1. The second-order valence-corrected chi connectivity index (χ2v) is 4.79. The molecule has 0 fully saturated rings. The summed E-state index contributed by atoms with van der Waals surface area (Å²) < 4.78 is 5.49. The normalized spacial score (nSPS) is 10.9. The van der Waals surface area contributed by atoms with E-state index in [2.05, 4.69) is 10.2 Å². The quantitative estimate of drug-likeness (QED) is 0.786. The van der Waals surface area contributed by atoms with Crippen molar-refractivity contribution in [1.29, 1.82) is 0 Å². The molecule has 0 saturated carbocycles. The topological polar surface area (TPSA) is 79.4 Å². The van der Waals surface area contributed by atoms with Crippen LogP contribution in [-0.4, -0.2) is 27.4 Å². The molecule has 0 aliphatic rings. The van der Waals surface area contributed by atoms with Crippen molar-refractivity contribution in [1.82, 2.24) is 10.2 Å². The van der Waals surface area contributed by atoms with Crippen LogP contribution in [0.4, 0.5) is 0 Å². The van der Waals surface area contributed by atoms with Crippen LogP contribution in [0.15, 0.2) is 4.42 Å². The van der Waals surface area contributed by atoms with Gasteiger partial charge in [-0.3, -0.25) is 0 Å². The first-order valence-electron chi connectivity index (χ1n) is 6.11. The Morgan fingerprint density at radius 1 is 0.842 bits per heavy atom. The van der Waals surface area contributed by atoms with Crippen LogP contribution >= 0.6 is 0 Å². The number of aromatic nitrogens is 2. The van der Waals surface area contributed by atoms with Gasteiger partial charge in [-0.1, -0.05) is 0 Å². The van der Waals surface area contributed by atoms with Crippen molar-refractivity contribution >= 4 is 12.6 Å². The van der Waals surface area contributed by atoms with Crippen LogP contribution in [0.25, 0.3) is 11.5 Å². The van der Waals surface area contributed by atoms with Gasteiger partial charge in [0.15, 0.2) is 0 Å². The molecule has 0 aliphatic carbocycles. The van der Waals surface area contributed by atoms with Crippen LogP contribution < -0.4 is 5.46 Å². The van der Waals surface area contributed by atoms with Gasteiger partial charge >= 0.3 is 7.12 Å². The molecule has 0 aliphatic heterocycles. The summed E-state index contributed by atoms with van der Waals surface area (Å²) in [6.07, 6.45) is 0. The Bertz CT molecular complexity index is 606. The van der Waals surface area contributed by atoms with E-state index in [-0.39, 0.29) is 0 Å². The van der Waals surface area contributed by atoms with Crippen LogP contribution in [0.1, 0.15) is 28.1 Å². The van der Waals surface area contributed by atoms with Gasteiger partial charge in [-0.15, -0.1) is 10.2 Å². The van der Waals surface area contributed by atoms with Crippen molar-refractivity contribution in [3.8, 4) is 11.5 Å². The summed E-state index contributed by atoms with van der Waals surface area (Å²) in [5, 5.41) is 26.9. The molecule has 2 rings (SSSR count). The summed E-state index contributed by atoms with van der Waals surface area (Å²) in [7, 11) is -1.48. The first kappa shape index (κ1) is 13.8. The van der Waals surface area contributed by atoms with Gasteiger partial charge in [0.05, 0.1) is 0 Å². The molecule has 0 amide bonds. The molecule has 2 N–H and O–H groups in total. The minimum absolute atomic E-state index is 0.470. The average molecular weight is 260 g/mol. The lowest BCUT2D eigenvalue weighted by Gasteiger charge is -2.18. The highest BCUT2D eigenvalue weighted by atomic mass is 16.4. The van der Waals surface area contributed by atoms with Crippen LogP contribution in [0.2, 0.25) is 0 Å². The van der Waals surface area contributed by atoms with Crippen molar-refractivity contribution < 1.29 is 14.5 Å². The zero-order chi connectivity index (χ0) is 14.3. The van der Waals surface area contributed by atoms with Crippen LogP contribution in [-0.2, 0) is 0 Å². The van der Waals surface area contributed by atoms with E-state index >= 15 is 0 Å². The highest BCUT2D eigenvalue weighted by Crippen LogP contribution is 2.29. The summed E-state index contributed by atoms with van der Waals surface area (Å²) >= 11 is 0. The Labute approximate surface area is 112 Å². The molecule has 0 spiro atoms. The van der Waals surface area contributed by atoms with E-state index in [1.54, 1.807) is 6.92 Å². The Kier molecular flexibility index (Phi) is 3.47. The molecule has 0 unspecified atom stereocenters. The van der Waals surface area contributed by atoms with Crippen molar-refractivity contribution in [2.75, 3.05) is 0 Å². The van der Waals surface area contributed by atoms with Gasteiger partial charge in [-0.2, -0.15) is 0 Å². The van der Waals surface area contributed by atoms with Gasteiger partial charge in [-0.05, 0) is 55.4 Å². The molecule has 5 nitrogen and oxygen atoms in total. The van der Waals surface area contributed by atoms with Crippen molar-refractivity contribution in [2.24, 2.45) is 0 Å². The van der Waals surface area contributed by atoms with Gasteiger partial charge in [0.25, 0.3) is 0 Å². The van der Waals surface area contributed by atoms with E-state index in [9.17, 15) is 10.0 Å². The maximum absolute atomic E-state index is 9.50. The van der Waals surface area contributed by atoms with Crippen molar-refractivity contribution in [2.45, 2.75) is 34.6 Å². The Morgan fingerprint density at radius 3 is 1.74 bits per heavy atom. The van der Waals surface area contributed by atoms with E-state index < -0.39 is 7.12 Å². The molecule has 100 valence electrons. The zero-order valence-electron chi connectivity index (χ0n) is 11.8. The van der Waals surface area contributed by atoms with Crippen molar-refractivity contribution in [3.05, 3.63) is 28.1 Å². The molecule has 0 saturated heterocycles. The number of benzene rings is 1.